The highest BCUT2D eigenvalue weighted by molar-refractivity contribution is 5.99. The number of hydrogen-bond donors (Lipinski definition) is 3. The monoisotopic (exact) mass is 292 g/mol. The molecule has 3 N–H and O–H groups in total. The average Bonchev–Trinajstić information content (AvgIpc) is 2.92. The molecule has 0 radical (unpaired) electrons. The molecule has 0 aliphatic heterocycles. The molecule has 6 heteroatoms. The van der Waals surface area contributed by atoms with E-state index in [0.717, 1.165) is 25.7 Å². The van der Waals surface area contributed by atoms with Crippen molar-refractivity contribution >= 4 is 11.8 Å². The van der Waals surface area contributed by atoms with Gasteiger partial charge in [-0.15, -0.1) is 0 Å². The van der Waals surface area contributed by atoms with Crippen LogP contribution in [-0.2, 0) is 4.79 Å². The molecule has 1 saturated carbocycles. The van der Waals surface area contributed by atoms with Crippen LogP contribution in [0.25, 0.3) is 0 Å². The summed E-state index contributed by atoms with van der Waals surface area (Å²) in [5, 5.41) is 18.6. The standard InChI is InChI=1S/C15H20N2O4/c1-15(8-4-5-9-15)17(10-13(19)16-21)14(20)11-6-2-3-7-12(11)18/h2-3,6-7,18,21H,4-5,8-10H2,1H3,(H,16,19). The zero-order chi connectivity index (χ0) is 15.5. The summed E-state index contributed by atoms with van der Waals surface area (Å²) in [6, 6.07) is 6.26. The van der Waals surface area contributed by atoms with Crippen LogP contribution in [-0.4, -0.2) is 39.1 Å². The summed E-state index contributed by atoms with van der Waals surface area (Å²) in [5.74, 6) is -1.16. The lowest BCUT2D eigenvalue weighted by molar-refractivity contribution is -0.131. The zero-order valence-corrected chi connectivity index (χ0v) is 12.0. The van der Waals surface area contributed by atoms with Gasteiger partial charge in [-0.1, -0.05) is 25.0 Å². The van der Waals surface area contributed by atoms with E-state index in [1.807, 2.05) is 6.92 Å². The second kappa shape index (κ2) is 6.13. The number of carbonyl (C=O) groups is 2. The summed E-state index contributed by atoms with van der Waals surface area (Å²) in [7, 11) is 0. The van der Waals surface area contributed by atoms with Crippen LogP contribution >= 0.6 is 0 Å². The summed E-state index contributed by atoms with van der Waals surface area (Å²) in [6.07, 6.45) is 3.57. The number of nitrogens with one attached hydrogen (secondary N) is 1. The summed E-state index contributed by atoms with van der Waals surface area (Å²) < 4.78 is 0. The first-order valence-electron chi connectivity index (χ1n) is 7.01. The number of phenolic OH excluding ortho intramolecular Hbond substituents is 1. The van der Waals surface area contributed by atoms with Crippen LogP contribution < -0.4 is 5.48 Å². The van der Waals surface area contributed by atoms with Crippen molar-refractivity contribution in [1.82, 2.24) is 10.4 Å². The van der Waals surface area contributed by atoms with Crippen LogP contribution in [0.15, 0.2) is 24.3 Å². The number of aromatic hydroxyl groups is 1. The number of benzene rings is 1. The van der Waals surface area contributed by atoms with Crippen LogP contribution in [0, 0.1) is 0 Å². The second-order valence-corrected chi connectivity index (χ2v) is 5.65. The van der Waals surface area contributed by atoms with Crippen LogP contribution in [0.5, 0.6) is 5.75 Å². The number of phenols is 1. The highest BCUT2D eigenvalue weighted by Gasteiger charge is 2.39. The Balaban J connectivity index is 2.33. The number of hydroxylamine groups is 1. The van der Waals surface area contributed by atoms with Crippen molar-refractivity contribution in [3.8, 4) is 5.75 Å². The molecule has 0 heterocycles. The zero-order valence-electron chi connectivity index (χ0n) is 12.0. The van der Waals surface area contributed by atoms with E-state index in [4.69, 9.17) is 5.21 Å². The Bertz CT molecular complexity index is 538. The van der Waals surface area contributed by atoms with Gasteiger partial charge in [0.25, 0.3) is 11.8 Å². The Morgan fingerprint density at radius 3 is 2.48 bits per heavy atom. The molecule has 6 nitrogen and oxygen atoms in total. The van der Waals surface area contributed by atoms with E-state index in [9.17, 15) is 14.7 Å². The van der Waals surface area contributed by atoms with E-state index in [-0.39, 0.29) is 17.9 Å². The molecule has 1 aromatic rings. The number of nitrogens with zero attached hydrogens (tertiary/aromatic N) is 1. The lowest BCUT2D eigenvalue weighted by atomic mass is 9.96. The van der Waals surface area contributed by atoms with Gasteiger partial charge in [-0.2, -0.15) is 0 Å². The Morgan fingerprint density at radius 1 is 1.29 bits per heavy atom. The first kappa shape index (κ1) is 15.3. The molecule has 1 aliphatic rings. The Hall–Kier alpha value is -2.08. The molecule has 2 rings (SSSR count). The fourth-order valence-corrected chi connectivity index (χ4v) is 2.89. The van der Waals surface area contributed by atoms with Gasteiger partial charge < -0.3 is 10.0 Å². The van der Waals surface area contributed by atoms with Crippen molar-refractivity contribution in [1.29, 1.82) is 0 Å². The van der Waals surface area contributed by atoms with Gasteiger partial charge in [0.05, 0.1) is 5.56 Å². The van der Waals surface area contributed by atoms with Gasteiger partial charge in [-0.05, 0) is 31.9 Å². The number of hydrogen-bond acceptors (Lipinski definition) is 4. The van der Waals surface area contributed by atoms with Crippen LogP contribution in [0.4, 0.5) is 0 Å². The van der Waals surface area contributed by atoms with Gasteiger partial charge in [0.15, 0.2) is 0 Å². The maximum Gasteiger partial charge on any atom is 0.262 e. The maximum absolute atomic E-state index is 12.7. The highest BCUT2D eigenvalue weighted by atomic mass is 16.5. The third-order valence-corrected chi connectivity index (χ3v) is 4.14. The summed E-state index contributed by atoms with van der Waals surface area (Å²) in [5.41, 5.74) is 1.29. The van der Waals surface area contributed by atoms with E-state index in [0.29, 0.717) is 0 Å². The van der Waals surface area contributed by atoms with Gasteiger partial charge in [0.2, 0.25) is 0 Å². The minimum Gasteiger partial charge on any atom is -0.507 e. The van der Waals surface area contributed by atoms with Crippen molar-refractivity contribution in [3.63, 3.8) is 0 Å². The molecule has 1 aromatic carbocycles. The summed E-state index contributed by atoms with van der Waals surface area (Å²) in [6.45, 7) is 1.70. The third-order valence-electron chi connectivity index (χ3n) is 4.14. The third kappa shape index (κ3) is 3.16. The van der Waals surface area contributed by atoms with Gasteiger partial charge in [0, 0.05) is 5.54 Å². The molecule has 0 spiro atoms. The van der Waals surface area contributed by atoms with Crippen LogP contribution in [0.3, 0.4) is 0 Å². The predicted molar refractivity (Wildman–Crippen MR) is 75.9 cm³/mol. The van der Waals surface area contributed by atoms with Crippen molar-refractivity contribution in [2.24, 2.45) is 0 Å². The minimum absolute atomic E-state index is 0.112. The lowest BCUT2D eigenvalue weighted by Crippen LogP contribution is -2.52. The number of para-hydroxylation sites is 1. The van der Waals surface area contributed by atoms with Crippen LogP contribution in [0.1, 0.15) is 43.0 Å². The van der Waals surface area contributed by atoms with Crippen molar-refractivity contribution < 1.29 is 19.9 Å². The SMILES string of the molecule is CC1(N(CC(=O)NO)C(=O)c2ccccc2O)CCCC1. The van der Waals surface area contributed by atoms with Gasteiger partial charge in [-0.25, -0.2) is 5.48 Å². The van der Waals surface area contributed by atoms with Gasteiger partial charge >= 0.3 is 0 Å². The molecule has 1 fully saturated rings. The smallest absolute Gasteiger partial charge is 0.262 e. The molecule has 21 heavy (non-hydrogen) atoms. The van der Waals surface area contributed by atoms with Gasteiger partial charge in [0.1, 0.15) is 12.3 Å². The Morgan fingerprint density at radius 2 is 1.90 bits per heavy atom. The van der Waals surface area contributed by atoms with E-state index < -0.39 is 17.4 Å². The number of amides is 2. The molecule has 0 unspecified atom stereocenters. The van der Waals surface area contributed by atoms with Gasteiger partial charge in [-0.3, -0.25) is 14.8 Å². The highest BCUT2D eigenvalue weighted by Crippen LogP contribution is 2.36. The van der Waals surface area contributed by atoms with E-state index >= 15 is 0 Å². The molecule has 1 aliphatic carbocycles. The largest absolute Gasteiger partial charge is 0.507 e. The molecule has 2 amide bonds. The Kier molecular flexibility index (Phi) is 4.47. The van der Waals surface area contributed by atoms with Crippen LogP contribution in [0.2, 0.25) is 0 Å². The summed E-state index contributed by atoms with van der Waals surface area (Å²) >= 11 is 0. The molecule has 0 aromatic heterocycles. The Labute approximate surface area is 123 Å². The second-order valence-electron chi connectivity index (χ2n) is 5.65. The van der Waals surface area contributed by atoms with E-state index in [1.54, 1.807) is 17.6 Å². The molecular formula is C15H20N2O4. The molecule has 0 saturated heterocycles. The first-order valence-corrected chi connectivity index (χ1v) is 7.01. The maximum atomic E-state index is 12.7. The molecule has 0 bridgehead atoms. The van der Waals surface area contributed by atoms with Crippen molar-refractivity contribution in [3.05, 3.63) is 29.8 Å². The quantitative estimate of drug-likeness (QED) is 0.581. The molecule has 0 atom stereocenters. The average molecular weight is 292 g/mol. The molecule has 114 valence electrons. The first-order chi connectivity index (χ1) is 9.98. The number of rotatable bonds is 4. The minimum atomic E-state index is -0.646. The molecular weight excluding hydrogens is 272 g/mol. The predicted octanol–water partition coefficient (Wildman–Crippen LogP) is 1.67. The van der Waals surface area contributed by atoms with E-state index in [2.05, 4.69) is 0 Å². The number of carbonyl (C=O) groups excluding carboxylic acids is 2. The fourth-order valence-electron chi connectivity index (χ4n) is 2.89. The van der Waals surface area contributed by atoms with Crippen molar-refractivity contribution in [2.75, 3.05) is 6.54 Å². The van der Waals surface area contributed by atoms with Crippen molar-refractivity contribution in [2.45, 2.75) is 38.1 Å². The topological polar surface area (TPSA) is 89.9 Å². The lowest BCUT2D eigenvalue weighted by Gasteiger charge is -2.38. The fraction of sp³-hybridized carbons (Fsp3) is 0.467. The normalized spacial score (nSPS) is 16.5. The van der Waals surface area contributed by atoms with E-state index in [1.165, 1.54) is 17.0 Å². The summed E-state index contributed by atoms with van der Waals surface area (Å²) in [4.78, 5) is 25.7.